The van der Waals surface area contributed by atoms with Gasteiger partial charge in [0.15, 0.2) is 0 Å². The minimum atomic E-state index is 0. The highest BCUT2D eigenvalue weighted by Gasteiger charge is 2.24. The van der Waals surface area contributed by atoms with Gasteiger partial charge in [0.1, 0.15) is 12.4 Å². The van der Waals surface area contributed by atoms with Crippen molar-refractivity contribution in [3.63, 3.8) is 0 Å². The SMILES string of the molecule is CC(N)C1CCCCN1CCOc1ccccc1Cl.Cl. The lowest BCUT2D eigenvalue weighted by atomic mass is 9.97. The van der Waals surface area contributed by atoms with Crippen LogP contribution < -0.4 is 10.5 Å². The van der Waals surface area contributed by atoms with Crippen molar-refractivity contribution >= 4 is 24.0 Å². The molecule has 1 aromatic carbocycles. The Morgan fingerprint density at radius 1 is 1.40 bits per heavy atom. The summed E-state index contributed by atoms with van der Waals surface area (Å²) in [5.41, 5.74) is 6.06. The molecule has 1 saturated heterocycles. The van der Waals surface area contributed by atoms with Gasteiger partial charge in [-0.3, -0.25) is 4.90 Å². The Labute approximate surface area is 132 Å². The molecule has 2 rings (SSSR count). The molecule has 1 aromatic rings. The predicted molar refractivity (Wildman–Crippen MR) is 87.1 cm³/mol. The molecule has 1 fully saturated rings. The second-order valence-corrected chi connectivity index (χ2v) is 5.64. The Bertz CT molecular complexity index is 401. The third-order valence-electron chi connectivity index (χ3n) is 3.74. The van der Waals surface area contributed by atoms with Gasteiger partial charge in [-0.25, -0.2) is 0 Å². The first-order valence-corrected chi connectivity index (χ1v) is 7.43. The zero-order valence-corrected chi connectivity index (χ0v) is 13.5. The fraction of sp³-hybridized carbons (Fsp3) is 0.600. The zero-order valence-electron chi connectivity index (χ0n) is 11.9. The first-order valence-electron chi connectivity index (χ1n) is 7.05. The lowest BCUT2D eigenvalue weighted by molar-refractivity contribution is 0.109. The number of para-hydroxylation sites is 1. The van der Waals surface area contributed by atoms with Crippen LogP contribution in [0.15, 0.2) is 24.3 Å². The Hall–Kier alpha value is -0.480. The van der Waals surface area contributed by atoms with Crippen LogP contribution in [-0.4, -0.2) is 36.7 Å². The van der Waals surface area contributed by atoms with E-state index in [0.717, 1.165) is 18.8 Å². The summed E-state index contributed by atoms with van der Waals surface area (Å²) >= 11 is 6.07. The number of benzene rings is 1. The van der Waals surface area contributed by atoms with Crippen LogP contribution in [0.4, 0.5) is 0 Å². The smallest absolute Gasteiger partial charge is 0.137 e. The number of rotatable bonds is 5. The quantitative estimate of drug-likeness (QED) is 0.904. The first kappa shape index (κ1) is 17.6. The zero-order chi connectivity index (χ0) is 13.7. The fourth-order valence-electron chi connectivity index (χ4n) is 2.72. The number of halogens is 2. The van der Waals surface area contributed by atoms with E-state index in [2.05, 4.69) is 11.8 Å². The molecule has 20 heavy (non-hydrogen) atoms. The van der Waals surface area contributed by atoms with Crippen LogP contribution in [0.2, 0.25) is 5.02 Å². The molecule has 0 aliphatic carbocycles. The van der Waals surface area contributed by atoms with Crippen LogP contribution in [0, 0.1) is 0 Å². The van der Waals surface area contributed by atoms with Gasteiger partial charge in [-0.2, -0.15) is 0 Å². The van der Waals surface area contributed by atoms with Crippen molar-refractivity contribution in [1.29, 1.82) is 0 Å². The molecule has 5 heteroatoms. The van der Waals surface area contributed by atoms with Crippen LogP contribution in [0.5, 0.6) is 5.75 Å². The Kier molecular flexibility index (Phi) is 7.67. The molecule has 1 aliphatic heterocycles. The fourth-order valence-corrected chi connectivity index (χ4v) is 2.91. The third kappa shape index (κ3) is 4.81. The summed E-state index contributed by atoms with van der Waals surface area (Å²) in [4.78, 5) is 2.45. The van der Waals surface area contributed by atoms with Gasteiger partial charge in [-0.1, -0.05) is 30.2 Å². The summed E-state index contributed by atoms with van der Waals surface area (Å²) in [6, 6.07) is 8.31. The standard InChI is InChI=1S/C15H23ClN2O.ClH/c1-12(17)14-7-4-5-9-18(14)10-11-19-15-8-3-2-6-13(15)16;/h2-3,6,8,12,14H,4-5,7,9-11,17H2,1H3;1H. The van der Waals surface area contributed by atoms with Crippen molar-refractivity contribution in [2.24, 2.45) is 5.73 Å². The lowest BCUT2D eigenvalue weighted by Gasteiger charge is -2.37. The normalized spacial score (nSPS) is 21.1. The maximum absolute atomic E-state index is 6.07. The van der Waals surface area contributed by atoms with Gasteiger partial charge in [-0.15, -0.1) is 12.4 Å². The number of likely N-dealkylation sites (tertiary alicyclic amines) is 1. The minimum Gasteiger partial charge on any atom is -0.491 e. The van der Waals surface area contributed by atoms with Gasteiger partial charge < -0.3 is 10.5 Å². The summed E-state index contributed by atoms with van der Waals surface area (Å²) in [7, 11) is 0. The number of piperidine rings is 1. The van der Waals surface area contributed by atoms with Gasteiger partial charge in [0, 0.05) is 18.6 Å². The summed E-state index contributed by atoms with van der Waals surface area (Å²) in [6.45, 7) is 4.79. The van der Waals surface area contributed by atoms with E-state index in [1.807, 2.05) is 24.3 Å². The Morgan fingerprint density at radius 2 is 2.15 bits per heavy atom. The monoisotopic (exact) mass is 318 g/mol. The van der Waals surface area contributed by atoms with Gasteiger partial charge in [0.05, 0.1) is 5.02 Å². The molecule has 0 amide bonds. The molecule has 2 atom stereocenters. The Balaban J connectivity index is 0.00000200. The molecule has 114 valence electrons. The van der Waals surface area contributed by atoms with Crippen LogP contribution in [0.1, 0.15) is 26.2 Å². The van der Waals surface area contributed by atoms with E-state index in [1.165, 1.54) is 19.3 Å². The van der Waals surface area contributed by atoms with Crippen molar-refractivity contribution in [2.75, 3.05) is 19.7 Å². The number of nitrogens with two attached hydrogens (primary N) is 1. The second-order valence-electron chi connectivity index (χ2n) is 5.24. The topological polar surface area (TPSA) is 38.5 Å². The molecule has 0 radical (unpaired) electrons. The molecule has 1 heterocycles. The molecule has 2 N–H and O–H groups in total. The van der Waals surface area contributed by atoms with E-state index in [4.69, 9.17) is 22.1 Å². The van der Waals surface area contributed by atoms with E-state index < -0.39 is 0 Å². The molecule has 0 bridgehead atoms. The van der Waals surface area contributed by atoms with Gasteiger partial charge in [0.2, 0.25) is 0 Å². The van der Waals surface area contributed by atoms with Crippen LogP contribution in [-0.2, 0) is 0 Å². The average molecular weight is 319 g/mol. The lowest BCUT2D eigenvalue weighted by Crippen LogP contribution is -2.50. The third-order valence-corrected chi connectivity index (χ3v) is 4.06. The van der Waals surface area contributed by atoms with Crippen molar-refractivity contribution in [3.05, 3.63) is 29.3 Å². The van der Waals surface area contributed by atoms with Crippen LogP contribution in [0.3, 0.4) is 0 Å². The summed E-state index contributed by atoms with van der Waals surface area (Å²) in [6.07, 6.45) is 3.74. The molecule has 0 aromatic heterocycles. The molecule has 1 aliphatic rings. The average Bonchev–Trinajstić information content (AvgIpc) is 2.41. The number of ether oxygens (including phenoxy) is 1. The van der Waals surface area contributed by atoms with E-state index in [9.17, 15) is 0 Å². The molecule has 2 unspecified atom stereocenters. The largest absolute Gasteiger partial charge is 0.491 e. The van der Waals surface area contributed by atoms with E-state index in [0.29, 0.717) is 17.7 Å². The molecular formula is C15H24Cl2N2O. The van der Waals surface area contributed by atoms with Crippen LogP contribution >= 0.6 is 24.0 Å². The van der Waals surface area contributed by atoms with E-state index in [1.54, 1.807) is 0 Å². The summed E-state index contributed by atoms with van der Waals surface area (Å²) in [5.74, 6) is 0.763. The second kappa shape index (κ2) is 8.73. The highest BCUT2D eigenvalue weighted by Crippen LogP contribution is 2.23. The van der Waals surface area contributed by atoms with Crippen molar-refractivity contribution in [2.45, 2.75) is 38.3 Å². The highest BCUT2D eigenvalue weighted by atomic mass is 35.5. The van der Waals surface area contributed by atoms with E-state index in [-0.39, 0.29) is 18.4 Å². The maximum atomic E-state index is 6.07. The van der Waals surface area contributed by atoms with Crippen molar-refractivity contribution < 1.29 is 4.74 Å². The number of hydrogen-bond donors (Lipinski definition) is 1. The Morgan fingerprint density at radius 3 is 2.85 bits per heavy atom. The summed E-state index contributed by atoms with van der Waals surface area (Å²) < 4.78 is 5.75. The number of nitrogens with zero attached hydrogens (tertiary/aromatic N) is 1. The predicted octanol–water partition coefficient (Wildman–Crippen LogP) is 3.34. The van der Waals surface area contributed by atoms with Gasteiger partial charge in [0.25, 0.3) is 0 Å². The molecule has 3 nitrogen and oxygen atoms in total. The number of hydrogen-bond acceptors (Lipinski definition) is 3. The van der Waals surface area contributed by atoms with Gasteiger partial charge >= 0.3 is 0 Å². The molecular weight excluding hydrogens is 295 g/mol. The van der Waals surface area contributed by atoms with Gasteiger partial charge in [-0.05, 0) is 38.4 Å². The minimum absolute atomic E-state index is 0. The van der Waals surface area contributed by atoms with E-state index >= 15 is 0 Å². The summed E-state index contributed by atoms with van der Waals surface area (Å²) in [5, 5.41) is 0.671. The first-order chi connectivity index (χ1) is 9.18. The molecule has 0 spiro atoms. The van der Waals surface area contributed by atoms with Crippen molar-refractivity contribution in [1.82, 2.24) is 4.90 Å². The highest BCUT2D eigenvalue weighted by molar-refractivity contribution is 6.32. The van der Waals surface area contributed by atoms with Crippen molar-refractivity contribution in [3.8, 4) is 5.75 Å². The molecule has 0 saturated carbocycles. The van der Waals surface area contributed by atoms with Crippen LogP contribution in [0.25, 0.3) is 0 Å². The maximum Gasteiger partial charge on any atom is 0.137 e.